The fourth-order valence-electron chi connectivity index (χ4n) is 1.90. The van der Waals surface area contributed by atoms with Gasteiger partial charge in [-0.15, -0.1) is 0 Å². The van der Waals surface area contributed by atoms with Crippen LogP contribution in [-0.4, -0.2) is 32.6 Å². The zero-order valence-electron chi connectivity index (χ0n) is 12.0. The van der Waals surface area contributed by atoms with Crippen LogP contribution in [0.25, 0.3) is 0 Å². The summed E-state index contributed by atoms with van der Waals surface area (Å²) < 4.78 is 1.01. The fourth-order valence-corrected chi connectivity index (χ4v) is 2.25. The van der Waals surface area contributed by atoms with Gasteiger partial charge in [0.2, 0.25) is 5.91 Å². The van der Waals surface area contributed by atoms with Crippen molar-refractivity contribution in [2.45, 2.75) is 26.4 Å². The number of hydrogen-bond donors (Lipinski definition) is 2. The molecule has 19 heavy (non-hydrogen) atoms. The van der Waals surface area contributed by atoms with Crippen LogP contribution in [0, 0.1) is 0 Å². The van der Waals surface area contributed by atoms with Crippen LogP contribution in [0.5, 0.6) is 0 Å². The van der Waals surface area contributed by atoms with E-state index in [1.54, 1.807) is 0 Å². The van der Waals surface area contributed by atoms with Crippen LogP contribution in [-0.2, 0) is 11.3 Å². The Balaban J connectivity index is 2.82. The van der Waals surface area contributed by atoms with E-state index in [1.807, 2.05) is 45.0 Å². The summed E-state index contributed by atoms with van der Waals surface area (Å²) in [5.74, 6) is 0.0351. The SMILES string of the molecule is CNCc1ccc(Br)cc1N(C)CC(=O)NC(C)C. The fraction of sp³-hybridized carbons (Fsp3) is 0.500. The van der Waals surface area contributed by atoms with Crippen LogP contribution >= 0.6 is 15.9 Å². The van der Waals surface area contributed by atoms with Gasteiger partial charge in [-0.3, -0.25) is 4.79 Å². The molecule has 106 valence electrons. The van der Waals surface area contributed by atoms with Crippen molar-refractivity contribution in [3.63, 3.8) is 0 Å². The first-order valence-corrected chi connectivity index (χ1v) is 7.17. The third kappa shape index (κ3) is 5.20. The van der Waals surface area contributed by atoms with Crippen molar-refractivity contribution in [2.24, 2.45) is 0 Å². The van der Waals surface area contributed by atoms with Crippen LogP contribution in [0.2, 0.25) is 0 Å². The molecule has 0 saturated carbocycles. The van der Waals surface area contributed by atoms with Gasteiger partial charge in [0.05, 0.1) is 6.54 Å². The van der Waals surface area contributed by atoms with Gasteiger partial charge < -0.3 is 15.5 Å². The molecule has 0 saturated heterocycles. The molecule has 0 radical (unpaired) electrons. The molecule has 0 heterocycles. The molecule has 0 bridgehead atoms. The number of carbonyl (C=O) groups excluding carboxylic acids is 1. The molecule has 0 spiro atoms. The van der Waals surface area contributed by atoms with Gasteiger partial charge in [-0.2, -0.15) is 0 Å². The number of anilines is 1. The molecule has 0 aliphatic carbocycles. The Morgan fingerprint density at radius 2 is 2.11 bits per heavy atom. The predicted octanol–water partition coefficient (Wildman–Crippen LogP) is 2.13. The molecular formula is C14H22BrN3O. The summed E-state index contributed by atoms with van der Waals surface area (Å²) in [7, 11) is 3.85. The minimum absolute atomic E-state index is 0.0351. The van der Waals surface area contributed by atoms with Gasteiger partial charge in [0, 0.05) is 29.8 Å². The third-order valence-corrected chi connectivity index (χ3v) is 3.15. The summed E-state index contributed by atoms with van der Waals surface area (Å²) >= 11 is 3.47. The molecule has 0 unspecified atom stereocenters. The van der Waals surface area contributed by atoms with Crippen molar-refractivity contribution in [1.29, 1.82) is 0 Å². The van der Waals surface area contributed by atoms with Gasteiger partial charge in [0.1, 0.15) is 0 Å². The molecule has 1 aromatic carbocycles. The molecule has 1 amide bonds. The summed E-state index contributed by atoms with van der Waals surface area (Å²) in [6.45, 7) is 5.05. The van der Waals surface area contributed by atoms with E-state index in [-0.39, 0.29) is 11.9 Å². The van der Waals surface area contributed by atoms with E-state index >= 15 is 0 Å². The highest BCUT2D eigenvalue weighted by Crippen LogP contribution is 2.24. The van der Waals surface area contributed by atoms with Crippen molar-refractivity contribution < 1.29 is 4.79 Å². The second-order valence-electron chi connectivity index (χ2n) is 4.88. The van der Waals surface area contributed by atoms with Crippen molar-refractivity contribution in [3.8, 4) is 0 Å². The normalized spacial score (nSPS) is 10.6. The topological polar surface area (TPSA) is 44.4 Å². The van der Waals surface area contributed by atoms with E-state index in [4.69, 9.17) is 0 Å². The Morgan fingerprint density at radius 3 is 2.68 bits per heavy atom. The number of rotatable bonds is 6. The minimum atomic E-state index is 0.0351. The maximum atomic E-state index is 11.8. The van der Waals surface area contributed by atoms with E-state index in [0.29, 0.717) is 6.54 Å². The van der Waals surface area contributed by atoms with Crippen molar-refractivity contribution in [3.05, 3.63) is 28.2 Å². The summed E-state index contributed by atoms with van der Waals surface area (Å²) in [6, 6.07) is 6.28. The molecule has 2 N–H and O–H groups in total. The Hall–Kier alpha value is -1.07. The highest BCUT2D eigenvalue weighted by Gasteiger charge is 2.12. The lowest BCUT2D eigenvalue weighted by Crippen LogP contribution is -2.39. The summed E-state index contributed by atoms with van der Waals surface area (Å²) in [5.41, 5.74) is 2.23. The van der Waals surface area contributed by atoms with Gasteiger partial charge in [-0.1, -0.05) is 22.0 Å². The Kier molecular flexibility index (Phi) is 6.31. The molecule has 4 nitrogen and oxygen atoms in total. The molecule has 5 heteroatoms. The first-order valence-electron chi connectivity index (χ1n) is 6.37. The number of carbonyl (C=O) groups is 1. The predicted molar refractivity (Wildman–Crippen MR) is 83.5 cm³/mol. The zero-order valence-corrected chi connectivity index (χ0v) is 13.5. The van der Waals surface area contributed by atoms with Crippen LogP contribution < -0.4 is 15.5 Å². The average Bonchev–Trinajstić information content (AvgIpc) is 2.30. The van der Waals surface area contributed by atoms with E-state index in [9.17, 15) is 4.79 Å². The number of nitrogens with zero attached hydrogens (tertiary/aromatic N) is 1. The quantitative estimate of drug-likeness (QED) is 0.841. The molecule has 0 aliphatic heterocycles. The highest BCUT2D eigenvalue weighted by atomic mass is 79.9. The Morgan fingerprint density at radius 1 is 1.42 bits per heavy atom. The third-order valence-electron chi connectivity index (χ3n) is 2.66. The van der Waals surface area contributed by atoms with Crippen LogP contribution in [0.3, 0.4) is 0 Å². The molecule has 0 fully saturated rings. The number of hydrogen-bond acceptors (Lipinski definition) is 3. The molecular weight excluding hydrogens is 306 g/mol. The largest absolute Gasteiger partial charge is 0.365 e. The standard InChI is InChI=1S/C14H22BrN3O/c1-10(2)17-14(19)9-18(4)13-7-12(15)6-5-11(13)8-16-3/h5-7,10,16H,8-9H2,1-4H3,(H,17,19). The monoisotopic (exact) mass is 327 g/mol. The van der Waals surface area contributed by atoms with Gasteiger partial charge >= 0.3 is 0 Å². The maximum Gasteiger partial charge on any atom is 0.239 e. The van der Waals surface area contributed by atoms with Crippen molar-refractivity contribution in [1.82, 2.24) is 10.6 Å². The van der Waals surface area contributed by atoms with Gasteiger partial charge in [0.25, 0.3) is 0 Å². The smallest absolute Gasteiger partial charge is 0.239 e. The second kappa shape index (κ2) is 7.50. The molecule has 1 aromatic rings. The highest BCUT2D eigenvalue weighted by molar-refractivity contribution is 9.10. The number of nitrogens with one attached hydrogen (secondary N) is 2. The summed E-state index contributed by atoms with van der Waals surface area (Å²) in [5, 5.41) is 6.04. The first-order chi connectivity index (χ1) is 8.93. The summed E-state index contributed by atoms with van der Waals surface area (Å²) in [4.78, 5) is 13.8. The van der Waals surface area contributed by atoms with E-state index in [1.165, 1.54) is 5.56 Å². The average molecular weight is 328 g/mol. The lowest BCUT2D eigenvalue weighted by atomic mass is 10.1. The van der Waals surface area contributed by atoms with Crippen molar-refractivity contribution in [2.75, 3.05) is 25.5 Å². The van der Waals surface area contributed by atoms with Gasteiger partial charge in [-0.05, 0) is 38.6 Å². The van der Waals surface area contributed by atoms with Crippen LogP contribution in [0.15, 0.2) is 22.7 Å². The summed E-state index contributed by atoms with van der Waals surface area (Å²) in [6.07, 6.45) is 0. The molecule has 0 aromatic heterocycles. The second-order valence-corrected chi connectivity index (χ2v) is 5.80. The van der Waals surface area contributed by atoms with Crippen LogP contribution in [0.1, 0.15) is 19.4 Å². The Bertz CT molecular complexity index is 435. The van der Waals surface area contributed by atoms with E-state index < -0.39 is 0 Å². The van der Waals surface area contributed by atoms with Gasteiger partial charge in [0.15, 0.2) is 0 Å². The number of amides is 1. The lowest BCUT2D eigenvalue weighted by Gasteiger charge is -2.23. The minimum Gasteiger partial charge on any atom is -0.365 e. The van der Waals surface area contributed by atoms with Crippen LogP contribution in [0.4, 0.5) is 5.69 Å². The van der Waals surface area contributed by atoms with E-state index in [0.717, 1.165) is 16.7 Å². The lowest BCUT2D eigenvalue weighted by molar-refractivity contribution is -0.120. The number of likely N-dealkylation sites (N-methyl/N-ethyl adjacent to an activating group) is 1. The molecule has 1 rings (SSSR count). The molecule has 0 aliphatic rings. The zero-order chi connectivity index (χ0) is 14.4. The maximum absolute atomic E-state index is 11.8. The molecule has 0 atom stereocenters. The van der Waals surface area contributed by atoms with E-state index in [2.05, 4.69) is 32.6 Å². The first kappa shape index (κ1) is 16.0. The van der Waals surface area contributed by atoms with Crippen molar-refractivity contribution >= 4 is 27.5 Å². The van der Waals surface area contributed by atoms with Gasteiger partial charge in [-0.25, -0.2) is 0 Å². The number of benzene rings is 1. The number of halogens is 1. The Labute approximate surface area is 123 Å².